The third kappa shape index (κ3) is 3.71. The standard InChI is InChI=1S/C22H23NO5/c1-3-22(21(25)26,17-7-5-4-6-8-17)14-23-20(24)16-11-15-12-18(27-2)9-10-19(15)28-13-16/h4-12H,3,13-14H2,1-2H3,(H,23,24)(H,25,26). The van der Waals surface area contributed by atoms with Gasteiger partial charge in [-0.2, -0.15) is 0 Å². The highest BCUT2D eigenvalue weighted by atomic mass is 16.5. The van der Waals surface area contributed by atoms with Crippen LogP contribution in [0.1, 0.15) is 24.5 Å². The van der Waals surface area contributed by atoms with Crippen LogP contribution in [-0.4, -0.2) is 37.2 Å². The van der Waals surface area contributed by atoms with Crippen molar-refractivity contribution in [3.05, 3.63) is 65.2 Å². The summed E-state index contributed by atoms with van der Waals surface area (Å²) in [5.74, 6) is 0.0317. The number of aliphatic carboxylic acids is 1. The molecule has 3 rings (SSSR count). The summed E-state index contributed by atoms with van der Waals surface area (Å²) < 4.78 is 10.9. The molecular weight excluding hydrogens is 358 g/mol. The lowest BCUT2D eigenvalue weighted by Gasteiger charge is -2.29. The van der Waals surface area contributed by atoms with E-state index in [2.05, 4.69) is 5.32 Å². The van der Waals surface area contributed by atoms with Crippen molar-refractivity contribution in [3.8, 4) is 11.5 Å². The molecule has 6 nitrogen and oxygen atoms in total. The number of fused-ring (bicyclic) bond motifs is 1. The molecule has 0 fully saturated rings. The number of rotatable bonds is 7. The first-order valence-corrected chi connectivity index (χ1v) is 9.08. The number of ether oxygens (including phenoxy) is 2. The van der Waals surface area contributed by atoms with Crippen LogP contribution in [0.25, 0.3) is 6.08 Å². The molecule has 1 atom stereocenters. The Morgan fingerprint density at radius 2 is 1.96 bits per heavy atom. The van der Waals surface area contributed by atoms with E-state index in [9.17, 15) is 14.7 Å². The van der Waals surface area contributed by atoms with Gasteiger partial charge in [0.05, 0.1) is 12.7 Å². The van der Waals surface area contributed by atoms with Gasteiger partial charge in [0.15, 0.2) is 0 Å². The zero-order valence-corrected chi connectivity index (χ0v) is 15.9. The second kappa shape index (κ2) is 8.17. The molecule has 6 heteroatoms. The number of hydrogen-bond acceptors (Lipinski definition) is 4. The molecule has 0 saturated carbocycles. The van der Waals surface area contributed by atoms with Crippen molar-refractivity contribution in [3.63, 3.8) is 0 Å². The summed E-state index contributed by atoms with van der Waals surface area (Å²) in [5, 5.41) is 12.7. The lowest BCUT2D eigenvalue weighted by molar-refractivity contribution is -0.144. The van der Waals surface area contributed by atoms with Gasteiger partial charge in [0, 0.05) is 12.1 Å². The third-order valence-corrected chi connectivity index (χ3v) is 5.11. The first-order valence-electron chi connectivity index (χ1n) is 9.08. The summed E-state index contributed by atoms with van der Waals surface area (Å²) in [7, 11) is 1.57. The Hall–Kier alpha value is -3.28. The van der Waals surface area contributed by atoms with E-state index >= 15 is 0 Å². The second-order valence-electron chi connectivity index (χ2n) is 6.65. The first-order chi connectivity index (χ1) is 13.5. The average molecular weight is 381 g/mol. The zero-order valence-electron chi connectivity index (χ0n) is 15.9. The zero-order chi connectivity index (χ0) is 20.1. The van der Waals surface area contributed by atoms with Crippen molar-refractivity contribution in [1.82, 2.24) is 5.32 Å². The lowest BCUT2D eigenvalue weighted by atomic mass is 9.78. The Labute approximate surface area is 163 Å². The average Bonchev–Trinajstić information content (AvgIpc) is 2.74. The first kappa shape index (κ1) is 19.5. The van der Waals surface area contributed by atoms with E-state index in [1.807, 2.05) is 6.07 Å². The molecule has 1 aliphatic heterocycles. The molecule has 1 unspecified atom stereocenters. The maximum Gasteiger partial charge on any atom is 0.315 e. The van der Waals surface area contributed by atoms with Gasteiger partial charge in [-0.15, -0.1) is 0 Å². The molecule has 0 aliphatic carbocycles. The van der Waals surface area contributed by atoms with Gasteiger partial charge >= 0.3 is 5.97 Å². The van der Waals surface area contributed by atoms with Crippen LogP contribution in [0, 0.1) is 0 Å². The van der Waals surface area contributed by atoms with Gasteiger partial charge in [-0.05, 0) is 36.3 Å². The summed E-state index contributed by atoms with van der Waals surface area (Å²) in [5.41, 5.74) is 0.658. The highest BCUT2D eigenvalue weighted by molar-refractivity contribution is 5.99. The van der Waals surface area contributed by atoms with E-state index in [4.69, 9.17) is 9.47 Å². The Morgan fingerprint density at radius 3 is 2.61 bits per heavy atom. The van der Waals surface area contributed by atoms with Crippen LogP contribution in [0.4, 0.5) is 0 Å². The summed E-state index contributed by atoms with van der Waals surface area (Å²) in [6.07, 6.45) is 2.09. The monoisotopic (exact) mass is 381 g/mol. The maximum absolute atomic E-state index is 12.7. The lowest BCUT2D eigenvalue weighted by Crippen LogP contribution is -2.47. The Morgan fingerprint density at radius 1 is 1.21 bits per heavy atom. The predicted molar refractivity (Wildman–Crippen MR) is 106 cm³/mol. The molecule has 2 aromatic carbocycles. The minimum Gasteiger partial charge on any atom is -0.497 e. The van der Waals surface area contributed by atoms with Crippen molar-refractivity contribution < 1.29 is 24.2 Å². The normalized spacial score (nSPS) is 14.7. The predicted octanol–water partition coefficient (Wildman–Crippen LogP) is 3.02. The van der Waals surface area contributed by atoms with Gasteiger partial charge in [0.25, 0.3) is 5.91 Å². The van der Waals surface area contributed by atoms with Crippen molar-refractivity contribution in [2.45, 2.75) is 18.8 Å². The number of carbonyl (C=O) groups is 2. The highest BCUT2D eigenvalue weighted by Gasteiger charge is 2.39. The molecule has 0 saturated heterocycles. The molecular formula is C22H23NO5. The minimum absolute atomic E-state index is 0.00993. The van der Waals surface area contributed by atoms with Gasteiger partial charge in [-0.3, -0.25) is 9.59 Å². The van der Waals surface area contributed by atoms with Gasteiger partial charge in [0.2, 0.25) is 0 Å². The number of carboxylic acids is 1. The van der Waals surface area contributed by atoms with Crippen molar-refractivity contribution in [1.29, 1.82) is 0 Å². The van der Waals surface area contributed by atoms with Gasteiger partial charge in [-0.1, -0.05) is 37.3 Å². The molecule has 1 amide bonds. The number of amides is 1. The number of hydrogen-bond donors (Lipinski definition) is 2. The summed E-state index contributed by atoms with van der Waals surface area (Å²) >= 11 is 0. The second-order valence-corrected chi connectivity index (χ2v) is 6.65. The van der Waals surface area contributed by atoms with E-state index in [0.717, 1.165) is 5.56 Å². The van der Waals surface area contributed by atoms with Crippen LogP contribution < -0.4 is 14.8 Å². The molecule has 1 heterocycles. The van der Waals surface area contributed by atoms with Crippen molar-refractivity contribution >= 4 is 18.0 Å². The summed E-state index contributed by atoms with van der Waals surface area (Å²) in [6, 6.07) is 14.4. The quantitative estimate of drug-likeness (QED) is 0.770. The SMILES string of the molecule is CCC(CNC(=O)C1=Cc2cc(OC)ccc2OC1)(C(=O)O)c1ccccc1. The molecule has 1 aliphatic rings. The van der Waals surface area contributed by atoms with Crippen molar-refractivity contribution in [2.75, 3.05) is 20.3 Å². The molecule has 0 bridgehead atoms. The number of carbonyl (C=O) groups excluding carboxylic acids is 1. The summed E-state index contributed by atoms with van der Waals surface area (Å²) in [4.78, 5) is 24.8. The Kier molecular flexibility index (Phi) is 5.68. The number of carboxylic acid groups (broad SMARTS) is 1. The Bertz CT molecular complexity index is 906. The fourth-order valence-electron chi connectivity index (χ4n) is 3.30. The van der Waals surface area contributed by atoms with Crippen molar-refractivity contribution in [2.24, 2.45) is 0 Å². The largest absolute Gasteiger partial charge is 0.497 e. The smallest absolute Gasteiger partial charge is 0.315 e. The van der Waals surface area contributed by atoms with Crippen LogP contribution in [0.5, 0.6) is 11.5 Å². The maximum atomic E-state index is 12.7. The van der Waals surface area contributed by atoms with Crippen LogP contribution in [0.3, 0.4) is 0 Å². The molecule has 2 N–H and O–H groups in total. The number of benzene rings is 2. The molecule has 0 aromatic heterocycles. The number of nitrogens with one attached hydrogen (secondary N) is 1. The van der Waals surface area contributed by atoms with E-state index in [1.165, 1.54) is 0 Å². The van der Waals surface area contributed by atoms with Gasteiger partial charge in [0.1, 0.15) is 23.5 Å². The molecule has 2 aromatic rings. The van der Waals surface area contributed by atoms with E-state index in [1.54, 1.807) is 62.6 Å². The molecule has 0 spiro atoms. The minimum atomic E-state index is -1.19. The van der Waals surface area contributed by atoms with Gasteiger partial charge < -0.3 is 19.9 Å². The van der Waals surface area contributed by atoms with Gasteiger partial charge in [-0.25, -0.2) is 0 Å². The van der Waals surface area contributed by atoms with E-state index < -0.39 is 11.4 Å². The van der Waals surface area contributed by atoms with Crippen LogP contribution in [-0.2, 0) is 15.0 Å². The van der Waals surface area contributed by atoms with E-state index in [0.29, 0.717) is 29.1 Å². The van der Waals surface area contributed by atoms with Crippen LogP contribution in [0.2, 0.25) is 0 Å². The summed E-state index contributed by atoms with van der Waals surface area (Å²) in [6.45, 7) is 1.92. The fourth-order valence-corrected chi connectivity index (χ4v) is 3.30. The molecule has 146 valence electrons. The fraction of sp³-hybridized carbons (Fsp3) is 0.273. The topological polar surface area (TPSA) is 84.9 Å². The number of methoxy groups -OCH3 is 1. The van der Waals surface area contributed by atoms with Crippen LogP contribution >= 0.6 is 0 Å². The van der Waals surface area contributed by atoms with Crippen LogP contribution in [0.15, 0.2) is 54.1 Å². The molecule has 0 radical (unpaired) electrons. The highest BCUT2D eigenvalue weighted by Crippen LogP contribution is 2.31. The third-order valence-electron chi connectivity index (χ3n) is 5.11. The van der Waals surface area contributed by atoms with E-state index in [-0.39, 0.29) is 19.1 Å². The Balaban J connectivity index is 1.80. The molecule has 28 heavy (non-hydrogen) atoms.